The molecule has 0 saturated carbocycles. The standard InChI is InChI=1S/C15H20FN3O2/c16-13-6-4-12(5-7-13)11-18-15(21)17-8-2-10-19-9-1-3-14(19)20/h4-7H,1-3,8-11H2,(H2,17,18,21). The summed E-state index contributed by atoms with van der Waals surface area (Å²) in [5.41, 5.74) is 0.842. The van der Waals surface area contributed by atoms with Gasteiger partial charge in [-0.3, -0.25) is 4.79 Å². The van der Waals surface area contributed by atoms with Gasteiger partial charge in [-0.25, -0.2) is 9.18 Å². The lowest BCUT2D eigenvalue weighted by Crippen LogP contribution is -2.37. The molecule has 0 atom stereocenters. The van der Waals surface area contributed by atoms with Gasteiger partial charge in [0.15, 0.2) is 0 Å². The van der Waals surface area contributed by atoms with Crippen LogP contribution in [-0.4, -0.2) is 36.5 Å². The van der Waals surface area contributed by atoms with Gasteiger partial charge in [-0.1, -0.05) is 12.1 Å². The Bertz CT molecular complexity index is 490. The van der Waals surface area contributed by atoms with Gasteiger partial charge in [0, 0.05) is 32.6 Å². The Labute approximate surface area is 123 Å². The molecule has 6 heteroatoms. The van der Waals surface area contributed by atoms with Crippen LogP contribution in [0.3, 0.4) is 0 Å². The predicted molar refractivity (Wildman–Crippen MR) is 77.1 cm³/mol. The Kier molecular flexibility index (Phi) is 5.54. The van der Waals surface area contributed by atoms with Crippen molar-refractivity contribution in [2.75, 3.05) is 19.6 Å². The molecule has 0 spiro atoms. The number of carbonyl (C=O) groups excluding carboxylic acids is 2. The highest BCUT2D eigenvalue weighted by molar-refractivity contribution is 5.78. The van der Waals surface area contributed by atoms with Crippen LogP contribution in [0.25, 0.3) is 0 Å². The number of rotatable bonds is 6. The highest BCUT2D eigenvalue weighted by Crippen LogP contribution is 2.09. The Balaban J connectivity index is 1.57. The second kappa shape index (κ2) is 7.61. The highest BCUT2D eigenvalue weighted by Gasteiger charge is 2.18. The molecule has 3 amide bonds. The Morgan fingerprint density at radius 1 is 1.24 bits per heavy atom. The van der Waals surface area contributed by atoms with Gasteiger partial charge >= 0.3 is 6.03 Å². The average Bonchev–Trinajstić information content (AvgIpc) is 2.88. The molecule has 2 rings (SSSR count). The van der Waals surface area contributed by atoms with Gasteiger partial charge in [-0.15, -0.1) is 0 Å². The lowest BCUT2D eigenvalue weighted by Gasteiger charge is -2.15. The zero-order chi connectivity index (χ0) is 15.1. The van der Waals surface area contributed by atoms with Crippen molar-refractivity contribution in [1.29, 1.82) is 0 Å². The second-order valence-corrected chi connectivity index (χ2v) is 5.07. The molecule has 21 heavy (non-hydrogen) atoms. The third-order valence-electron chi connectivity index (χ3n) is 3.43. The maximum Gasteiger partial charge on any atom is 0.315 e. The van der Waals surface area contributed by atoms with E-state index >= 15 is 0 Å². The van der Waals surface area contributed by atoms with E-state index in [1.807, 2.05) is 4.90 Å². The molecular weight excluding hydrogens is 273 g/mol. The third kappa shape index (κ3) is 5.06. The summed E-state index contributed by atoms with van der Waals surface area (Å²) in [5.74, 6) is -0.0876. The van der Waals surface area contributed by atoms with Crippen LogP contribution >= 0.6 is 0 Å². The number of benzene rings is 1. The summed E-state index contributed by atoms with van der Waals surface area (Å²) < 4.78 is 12.7. The first-order valence-corrected chi connectivity index (χ1v) is 7.19. The van der Waals surface area contributed by atoms with Crippen LogP contribution in [0.15, 0.2) is 24.3 Å². The molecule has 0 unspecified atom stereocenters. The molecule has 1 aromatic carbocycles. The minimum atomic E-state index is -0.292. The predicted octanol–water partition coefficient (Wildman–Crippen LogP) is 1.64. The van der Waals surface area contributed by atoms with Crippen molar-refractivity contribution in [3.8, 4) is 0 Å². The Morgan fingerprint density at radius 2 is 2.00 bits per heavy atom. The van der Waals surface area contributed by atoms with Crippen LogP contribution in [0.5, 0.6) is 0 Å². The van der Waals surface area contributed by atoms with Crippen molar-refractivity contribution >= 4 is 11.9 Å². The Morgan fingerprint density at radius 3 is 2.67 bits per heavy atom. The van der Waals surface area contributed by atoms with E-state index in [4.69, 9.17) is 0 Å². The number of halogens is 1. The first-order chi connectivity index (χ1) is 10.1. The molecule has 0 bridgehead atoms. The van der Waals surface area contributed by atoms with Crippen LogP contribution in [-0.2, 0) is 11.3 Å². The number of amides is 3. The molecule has 0 aromatic heterocycles. The second-order valence-electron chi connectivity index (χ2n) is 5.07. The molecule has 2 N–H and O–H groups in total. The number of nitrogens with zero attached hydrogens (tertiary/aromatic N) is 1. The van der Waals surface area contributed by atoms with Gasteiger partial charge in [0.2, 0.25) is 5.91 Å². The summed E-state index contributed by atoms with van der Waals surface area (Å²) in [6.07, 6.45) is 2.33. The van der Waals surface area contributed by atoms with Crippen molar-refractivity contribution < 1.29 is 14.0 Å². The first-order valence-electron chi connectivity index (χ1n) is 7.19. The molecule has 0 radical (unpaired) electrons. The molecule has 114 valence electrons. The maximum absolute atomic E-state index is 12.7. The zero-order valence-corrected chi connectivity index (χ0v) is 11.9. The summed E-state index contributed by atoms with van der Waals surface area (Å²) in [7, 11) is 0. The van der Waals surface area contributed by atoms with E-state index in [0.29, 0.717) is 26.1 Å². The van der Waals surface area contributed by atoms with Crippen LogP contribution < -0.4 is 10.6 Å². The monoisotopic (exact) mass is 293 g/mol. The van der Waals surface area contributed by atoms with Gasteiger partial charge in [0.1, 0.15) is 5.82 Å². The fourth-order valence-electron chi connectivity index (χ4n) is 2.26. The summed E-state index contributed by atoms with van der Waals surface area (Å²) in [6, 6.07) is 5.74. The number of likely N-dealkylation sites (tertiary alicyclic amines) is 1. The number of hydrogen-bond donors (Lipinski definition) is 2. The molecule has 1 aliphatic heterocycles. The largest absolute Gasteiger partial charge is 0.343 e. The molecule has 1 saturated heterocycles. The lowest BCUT2D eigenvalue weighted by molar-refractivity contribution is -0.127. The molecule has 5 nitrogen and oxygen atoms in total. The summed E-state index contributed by atoms with van der Waals surface area (Å²) >= 11 is 0. The van der Waals surface area contributed by atoms with Crippen LogP contribution in [0.2, 0.25) is 0 Å². The Hall–Kier alpha value is -2.11. The van der Waals surface area contributed by atoms with Gasteiger partial charge in [-0.05, 0) is 30.5 Å². The van der Waals surface area contributed by atoms with Gasteiger partial charge in [0.25, 0.3) is 0 Å². The van der Waals surface area contributed by atoms with E-state index < -0.39 is 0 Å². The van der Waals surface area contributed by atoms with E-state index in [1.54, 1.807) is 12.1 Å². The van der Waals surface area contributed by atoms with Crippen molar-refractivity contribution in [2.24, 2.45) is 0 Å². The highest BCUT2D eigenvalue weighted by atomic mass is 19.1. The summed E-state index contributed by atoms with van der Waals surface area (Å²) in [5, 5.41) is 5.44. The fourth-order valence-corrected chi connectivity index (χ4v) is 2.26. The first kappa shape index (κ1) is 15.3. The van der Waals surface area contributed by atoms with Gasteiger partial charge in [-0.2, -0.15) is 0 Å². The summed E-state index contributed by atoms with van der Waals surface area (Å²) in [6.45, 7) is 2.41. The molecule has 1 aromatic rings. The van der Waals surface area contributed by atoms with Gasteiger partial charge in [0.05, 0.1) is 0 Å². The van der Waals surface area contributed by atoms with Crippen LogP contribution in [0.1, 0.15) is 24.8 Å². The van der Waals surface area contributed by atoms with Crippen molar-refractivity contribution in [1.82, 2.24) is 15.5 Å². The topological polar surface area (TPSA) is 61.4 Å². The number of hydrogen-bond acceptors (Lipinski definition) is 2. The van der Waals surface area contributed by atoms with E-state index in [2.05, 4.69) is 10.6 Å². The number of carbonyl (C=O) groups is 2. The van der Waals surface area contributed by atoms with Gasteiger partial charge < -0.3 is 15.5 Å². The normalized spacial score (nSPS) is 14.3. The lowest BCUT2D eigenvalue weighted by atomic mass is 10.2. The average molecular weight is 293 g/mol. The molecule has 0 aliphatic carbocycles. The number of urea groups is 1. The van der Waals surface area contributed by atoms with Crippen molar-refractivity contribution in [3.63, 3.8) is 0 Å². The molecule has 1 heterocycles. The molecule has 1 aliphatic rings. The fraction of sp³-hybridized carbons (Fsp3) is 0.467. The van der Waals surface area contributed by atoms with E-state index in [9.17, 15) is 14.0 Å². The molecule has 1 fully saturated rings. The van der Waals surface area contributed by atoms with Crippen LogP contribution in [0.4, 0.5) is 9.18 Å². The zero-order valence-electron chi connectivity index (χ0n) is 11.9. The van der Waals surface area contributed by atoms with E-state index in [-0.39, 0.29) is 17.8 Å². The number of nitrogens with one attached hydrogen (secondary N) is 2. The van der Waals surface area contributed by atoms with Crippen molar-refractivity contribution in [3.05, 3.63) is 35.6 Å². The van der Waals surface area contributed by atoms with E-state index in [0.717, 1.165) is 24.9 Å². The summed E-state index contributed by atoms with van der Waals surface area (Å²) in [4.78, 5) is 24.8. The van der Waals surface area contributed by atoms with E-state index in [1.165, 1.54) is 12.1 Å². The minimum absolute atomic E-state index is 0.204. The minimum Gasteiger partial charge on any atom is -0.343 e. The third-order valence-corrected chi connectivity index (χ3v) is 3.43. The molecular formula is C15H20FN3O2. The SMILES string of the molecule is O=C(NCCCN1CCCC1=O)NCc1ccc(F)cc1. The maximum atomic E-state index is 12.7. The van der Waals surface area contributed by atoms with Crippen LogP contribution in [0, 0.1) is 5.82 Å². The van der Waals surface area contributed by atoms with Crippen molar-refractivity contribution in [2.45, 2.75) is 25.8 Å². The smallest absolute Gasteiger partial charge is 0.315 e. The quantitative estimate of drug-likeness (QED) is 0.783.